The third kappa shape index (κ3) is 7.33. The van der Waals surface area contributed by atoms with Crippen molar-refractivity contribution in [2.45, 2.75) is 84.4 Å². The second-order valence-electron chi connectivity index (χ2n) is 9.48. The van der Waals surface area contributed by atoms with Crippen LogP contribution >= 0.6 is 0 Å². The van der Waals surface area contributed by atoms with Crippen LogP contribution in [-0.4, -0.2) is 72.9 Å². The molecule has 0 unspecified atom stereocenters. The van der Waals surface area contributed by atoms with Crippen molar-refractivity contribution in [2.24, 2.45) is 5.92 Å². The Balaban J connectivity index is 2.76. The maximum atomic E-state index is 13.7. The quantitative estimate of drug-likeness (QED) is 0.197. The molecule has 1 fully saturated rings. The van der Waals surface area contributed by atoms with Crippen molar-refractivity contribution in [1.29, 1.82) is 0 Å². The predicted octanol–water partition coefficient (Wildman–Crippen LogP) is 2.04. The number of methoxy groups -OCH3 is 1. The third-order valence-corrected chi connectivity index (χ3v) is 6.41. The number of hydrogen-bond donors (Lipinski definition) is 0. The molecule has 0 aromatic heterocycles. The summed E-state index contributed by atoms with van der Waals surface area (Å²) in [5.41, 5.74) is -1.62. The van der Waals surface area contributed by atoms with Gasteiger partial charge in [0.2, 0.25) is 5.60 Å². The van der Waals surface area contributed by atoms with Crippen LogP contribution in [0.15, 0.2) is 35.5 Å². The summed E-state index contributed by atoms with van der Waals surface area (Å²) in [7, 11) is 1.13. The summed E-state index contributed by atoms with van der Waals surface area (Å²) in [4.78, 5) is 75.0. The number of ether oxygens (including phenoxy) is 6. The molecule has 12 heteroatoms. The number of carbonyl (C=O) groups is 6. The van der Waals surface area contributed by atoms with E-state index in [-0.39, 0.29) is 11.1 Å². The molecule has 0 aromatic rings. The molecule has 12 nitrogen and oxygen atoms in total. The van der Waals surface area contributed by atoms with Crippen LogP contribution < -0.4 is 0 Å². The number of fused-ring (bicyclic) bond motifs is 1. The molecule has 214 valence electrons. The molecule has 2 aliphatic rings. The highest BCUT2D eigenvalue weighted by atomic mass is 16.6. The number of rotatable bonds is 7. The molecule has 0 aromatic carbocycles. The summed E-state index contributed by atoms with van der Waals surface area (Å²) in [6.45, 7) is 11.3. The van der Waals surface area contributed by atoms with Gasteiger partial charge in [-0.15, -0.1) is 0 Å². The highest BCUT2D eigenvalue weighted by Gasteiger charge is 2.54. The fraction of sp³-hybridized carbons (Fsp3) is 0.556. The highest BCUT2D eigenvalue weighted by Crippen LogP contribution is 2.39. The van der Waals surface area contributed by atoms with Crippen LogP contribution in [0.2, 0.25) is 0 Å². The third-order valence-electron chi connectivity index (χ3n) is 6.41. The molecule has 0 spiro atoms. The van der Waals surface area contributed by atoms with Crippen molar-refractivity contribution in [3.8, 4) is 0 Å². The first-order valence-corrected chi connectivity index (χ1v) is 12.2. The number of allylic oxidation sites excluding steroid dienone is 2. The Bertz CT molecular complexity index is 1120. The average molecular weight is 551 g/mol. The van der Waals surface area contributed by atoms with Gasteiger partial charge < -0.3 is 28.4 Å². The smallest absolute Gasteiger partial charge is 0.354 e. The second-order valence-corrected chi connectivity index (χ2v) is 9.48. The molecule has 0 radical (unpaired) electrons. The number of carbonyl (C=O) groups excluding carboxylic acids is 6. The van der Waals surface area contributed by atoms with Gasteiger partial charge in [0.15, 0.2) is 12.2 Å². The van der Waals surface area contributed by atoms with Crippen LogP contribution in [0.3, 0.4) is 0 Å². The van der Waals surface area contributed by atoms with Crippen LogP contribution in [0.5, 0.6) is 0 Å². The van der Waals surface area contributed by atoms with Crippen molar-refractivity contribution in [3.63, 3.8) is 0 Å². The lowest BCUT2D eigenvalue weighted by Crippen LogP contribution is -2.55. The van der Waals surface area contributed by atoms with E-state index in [1.54, 1.807) is 13.0 Å². The van der Waals surface area contributed by atoms with Crippen LogP contribution in [0.4, 0.5) is 0 Å². The first-order valence-electron chi connectivity index (χ1n) is 12.2. The van der Waals surface area contributed by atoms with E-state index in [0.29, 0.717) is 12.8 Å². The van der Waals surface area contributed by atoms with Gasteiger partial charge in [-0.2, -0.15) is 0 Å². The van der Waals surface area contributed by atoms with E-state index in [1.807, 2.05) is 0 Å². The van der Waals surface area contributed by atoms with E-state index >= 15 is 0 Å². The molecular formula is C27H34O12. The van der Waals surface area contributed by atoms with Crippen molar-refractivity contribution in [2.75, 3.05) is 7.11 Å². The predicted molar refractivity (Wildman–Crippen MR) is 132 cm³/mol. The lowest BCUT2D eigenvalue weighted by molar-refractivity contribution is -0.206. The summed E-state index contributed by atoms with van der Waals surface area (Å²) in [5, 5.41) is 0. The standard InChI is InChI=1S/C27H34O12/c1-13-10-9-11-19(25(32)34-8)22(36-17(5)29)23(21-14(2)24(31)37-20(21)12-13)38-26(33)27(7,39-18(6)30)15(3)35-16(4)28/h11-12,15,20-23H,2,9-10H2,1,3-8H3/b13-12-,19-11+/t15-,20-,21+,22-,23-,27-/m1/s1. The summed E-state index contributed by atoms with van der Waals surface area (Å²) >= 11 is 0. The SMILES string of the molecule is C=C1C(=O)O[C@@H]2/C=C(/C)CC/C=C(/C(=O)OC)[C@@H](OC(C)=O)[C@H](OC(=O)[C@](C)(OC(C)=O)[C@@H](C)OC(C)=O)[C@@H]12. The fourth-order valence-electron chi connectivity index (χ4n) is 4.38. The van der Waals surface area contributed by atoms with E-state index in [2.05, 4.69) is 6.58 Å². The molecule has 0 bridgehead atoms. The van der Waals surface area contributed by atoms with Gasteiger partial charge in [-0.1, -0.05) is 18.2 Å². The molecule has 1 aliphatic heterocycles. The lowest BCUT2D eigenvalue weighted by Gasteiger charge is -2.37. The van der Waals surface area contributed by atoms with Crippen LogP contribution in [0, 0.1) is 5.92 Å². The Morgan fingerprint density at radius 3 is 2.26 bits per heavy atom. The number of hydrogen-bond acceptors (Lipinski definition) is 12. The van der Waals surface area contributed by atoms with Gasteiger partial charge in [-0.25, -0.2) is 14.4 Å². The molecule has 6 atom stereocenters. The Labute approximate surface area is 226 Å². The minimum atomic E-state index is -2.17. The molecule has 2 rings (SSSR count). The minimum absolute atomic E-state index is 0.106. The zero-order valence-electron chi connectivity index (χ0n) is 23.1. The van der Waals surface area contributed by atoms with Crippen molar-refractivity contribution < 1.29 is 57.2 Å². The number of esters is 6. The van der Waals surface area contributed by atoms with Crippen LogP contribution in [0.1, 0.15) is 54.4 Å². The highest BCUT2D eigenvalue weighted by molar-refractivity contribution is 5.93. The molecule has 0 amide bonds. The molecule has 1 saturated heterocycles. The lowest BCUT2D eigenvalue weighted by atomic mass is 9.83. The van der Waals surface area contributed by atoms with E-state index in [1.165, 1.54) is 19.9 Å². The summed E-state index contributed by atoms with van der Waals surface area (Å²) in [6, 6.07) is 0. The molecule has 1 heterocycles. The fourth-order valence-corrected chi connectivity index (χ4v) is 4.38. The van der Waals surface area contributed by atoms with Crippen molar-refractivity contribution in [1.82, 2.24) is 0 Å². The monoisotopic (exact) mass is 550 g/mol. The van der Waals surface area contributed by atoms with Gasteiger partial charge >= 0.3 is 35.8 Å². The first-order chi connectivity index (χ1) is 18.1. The molecular weight excluding hydrogens is 516 g/mol. The van der Waals surface area contributed by atoms with Gasteiger partial charge in [0, 0.05) is 26.3 Å². The minimum Gasteiger partial charge on any atom is -0.466 e. The van der Waals surface area contributed by atoms with Gasteiger partial charge in [0.25, 0.3) is 0 Å². The molecule has 39 heavy (non-hydrogen) atoms. The van der Waals surface area contributed by atoms with Gasteiger partial charge in [0.05, 0.1) is 18.6 Å². The normalized spacial score (nSPS) is 28.0. The van der Waals surface area contributed by atoms with Gasteiger partial charge in [-0.3, -0.25) is 14.4 Å². The second kappa shape index (κ2) is 12.7. The maximum Gasteiger partial charge on any atom is 0.354 e. The molecule has 0 saturated carbocycles. The topological polar surface area (TPSA) is 158 Å². The van der Waals surface area contributed by atoms with Gasteiger partial charge in [-0.05, 0) is 39.7 Å². The van der Waals surface area contributed by atoms with Crippen LogP contribution in [0.25, 0.3) is 0 Å². The summed E-state index contributed by atoms with van der Waals surface area (Å²) in [6.07, 6.45) is -1.55. The first kappa shape index (κ1) is 31.3. The maximum absolute atomic E-state index is 13.7. The molecule has 0 N–H and O–H groups in total. The summed E-state index contributed by atoms with van der Waals surface area (Å²) < 4.78 is 32.1. The van der Waals surface area contributed by atoms with E-state index in [9.17, 15) is 28.8 Å². The van der Waals surface area contributed by atoms with Crippen LogP contribution in [-0.2, 0) is 57.2 Å². The Hall–Kier alpha value is -3.96. The van der Waals surface area contributed by atoms with Crippen molar-refractivity contribution >= 4 is 35.8 Å². The average Bonchev–Trinajstić information content (AvgIpc) is 3.09. The van der Waals surface area contributed by atoms with Gasteiger partial charge in [0.1, 0.15) is 12.2 Å². The Morgan fingerprint density at radius 2 is 1.72 bits per heavy atom. The zero-order valence-corrected chi connectivity index (χ0v) is 23.1. The van der Waals surface area contributed by atoms with E-state index in [0.717, 1.165) is 33.5 Å². The Morgan fingerprint density at radius 1 is 1.08 bits per heavy atom. The molecule has 1 aliphatic carbocycles. The van der Waals surface area contributed by atoms with E-state index < -0.39 is 71.8 Å². The largest absolute Gasteiger partial charge is 0.466 e. The van der Waals surface area contributed by atoms with E-state index in [4.69, 9.17) is 28.4 Å². The Kier molecular flexibility index (Phi) is 10.2. The zero-order chi connectivity index (χ0) is 29.7. The summed E-state index contributed by atoms with van der Waals surface area (Å²) in [5.74, 6) is -6.46. The van der Waals surface area contributed by atoms with Crippen molar-refractivity contribution in [3.05, 3.63) is 35.5 Å².